The molecule has 3 N–H and O–H groups in total. The molecule has 1 aromatic carbocycles. The summed E-state index contributed by atoms with van der Waals surface area (Å²) in [6.45, 7) is 1.97. The first-order valence-corrected chi connectivity index (χ1v) is 5.75. The Morgan fingerprint density at radius 2 is 2.05 bits per heavy atom. The Morgan fingerprint density at radius 1 is 1.26 bits per heavy atom. The number of carboxylic acids is 1. The van der Waals surface area contributed by atoms with Crippen LogP contribution in [0.5, 0.6) is 0 Å². The van der Waals surface area contributed by atoms with E-state index in [2.05, 4.69) is 9.97 Å². The minimum atomic E-state index is -1.01. The summed E-state index contributed by atoms with van der Waals surface area (Å²) in [5.74, 6) is -0.699. The Labute approximate surface area is 108 Å². The van der Waals surface area contributed by atoms with Crippen LogP contribution < -0.4 is 5.73 Å². The van der Waals surface area contributed by atoms with E-state index in [1.165, 1.54) is 6.20 Å². The fourth-order valence-corrected chi connectivity index (χ4v) is 2.14. The van der Waals surface area contributed by atoms with Crippen molar-refractivity contribution in [3.8, 4) is 0 Å². The van der Waals surface area contributed by atoms with Crippen molar-refractivity contribution in [1.29, 1.82) is 0 Å². The van der Waals surface area contributed by atoms with Gasteiger partial charge in [0.05, 0.1) is 11.1 Å². The summed E-state index contributed by atoms with van der Waals surface area (Å²) in [5, 5.41) is 10.6. The van der Waals surface area contributed by atoms with Crippen LogP contribution in [0.2, 0.25) is 0 Å². The molecular weight excluding hydrogens is 242 g/mol. The van der Waals surface area contributed by atoms with Crippen LogP contribution in [0.15, 0.2) is 30.5 Å². The number of anilines is 1. The van der Waals surface area contributed by atoms with Gasteiger partial charge in [-0.25, -0.2) is 9.78 Å². The molecule has 0 radical (unpaired) electrons. The number of rotatable bonds is 1. The van der Waals surface area contributed by atoms with Crippen LogP contribution in [0.3, 0.4) is 0 Å². The second-order valence-corrected chi connectivity index (χ2v) is 4.44. The van der Waals surface area contributed by atoms with Crippen LogP contribution in [0.4, 0.5) is 5.82 Å². The average Bonchev–Trinajstić information content (AvgIpc) is 2.37. The molecule has 0 spiro atoms. The van der Waals surface area contributed by atoms with Gasteiger partial charge in [0.25, 0.3) is 0 Å². The molecule has 0 aliphatic carbocycles. The molecule has 0 unspecified atom stereocenters. The van der Waals surface area contributed by atoms with Crippen LogP contribution in [0.25, 0.3) is 21.8 Å². The Kier molecular flexibility index (Phi) is 2.35. The number of nitrogens with two attached hydrogens (primary N) is 1. The summed E-state index contributed by atoms with van der Waals surface area (Å²) in [5.41, 5.74) is 8.36. The normalized spacial score (nSPS) is 11.0. The van der Waals surface area contributed by atoms with E-state index in [9.17, 15) is 4.79 Å². The largest absolute Gasteiger partial charge is 0.478 e. The van der Waals surface area contributed by atoms with Gasteiger partial charge in [-0.3, -0.25) is 4.98 Å². The zero-order valence-electron chi connectivity index (χ0n) is 10.2. The number of nitrogen functional groups attached to an aromatic ring is 1. The van der Waals surface area contributed by atoms with Gasteiger partial charge in [0, 0.05) is 17.0 Å². The second-order valence-electron chi connectivity index (χ2n) is 4.44. The van der Waals surface area contributed by atoms with Crippen molar-refractivity contribution in [3.05, 3.63) is 41.6 Å². The summed E-state index contributed by atoms with van der Waals surface area (Å²) in [6, 6.07) is 7.36. The SMILES string of the molecule is Cc1ccc2c(c1)nc(N)c1ncc(C(=O)O)cc12. The van der Waals surface area contributed by atoms with Crippen LogP contribution in [0.1, 0.15) is 15.9 Å². The van der Waals surface area contributed by atoms with E-state index in [-0.39, 0.29) is 5.56 Å². The number of carboxylic acid groups (broad SMARTS) is 1. The number of nitrogens with zero attached hydrogens (tertiary/aromatic N) is 2. The molecule has 19 heavy (non-hydrogen) atoms. The third-order valence-corrected chi connectivity index (χ3v) is 3.06. The van der Waals surface area contributed by atoms with E-state index >= 15 is 0 Å². The zero-order valence-corrected chi connectivity index (χ0v) is 10.2. The first-order valence-electron chi connectivity index (χ1n) is 5.75. The van der Waals surface area contributed by atoms with Crippen molar-refractivity contribution in [1.82, 2.24) is 9.97 Å². The number of aromatic nitrogens is 2. The van der Waals surface area contributed by atoms with Gasteiger partial charge in [0.15, 0.2) is 5.82 Å². The maximum atomic E-state index is 11.0. The minimum absolute atomic E-state index is 0.139. The van der Waals surface area contributed by atoms with E-state index in [1.807, 2.05) is 25.1 Å². The Hall–Kier alpha value is -2.69. The quantitative estimate of drug-likeness (QED) is 0.650. The first kappa shape index (κ1) is 11.4. The molecule has 0 atom stereocenters. The molecule has 3 aromatic rings. The second kappa shape index (κ2) is 3.91. The first-order chi connectivity index (χ1) is 9.06. The predicted octanol–water partition coefficient (Wildman–Crippen LogP) is 2.37. The molecule has 5 nitrogen and oxygen atoms in total. The zero-order chi connectivity index (χ0) is 13.6. The lowest BCUT2D eigenvalue weighted by Crippen LogP contribution is -2.00. The van der Waals surface area contributed by atoms with Crippen molar-refractivity contribution in [2.75, 3.05) is 5.73 Å². The molecular formula is C14H11N3O2. The molecule has 0 aliphatic rings. The molecule has 2 aromatic heterocycles. The van der Waals surface area contributed by atoms with Crippen LogP contribution in [0, 0.1) is 6.92 Å². The maximum Gasteiger partial charge on any atom is 0.337 e. The van der Waals surface area contributed by atoms with E-state index in [1.54, 1.807) is 6.07 Å². The van der Waals surface area contributed by atoms with Gasteiger partial charge >= 0.3 is 5.97 Å². The highest BCUT2D eigenvalue weighted by atomic mass is 16.4. The van der Waals surface area contributed by atoms with Gasteiger partial charge in [-0.15, -0.1) is 0 Å². The fourth-order valence-electron chi connectivity index (χ4n) is 2.14. The number of carbonyl (C=O) groups is 1. The molecule has 94 valence electrons. The van der Waals surface area contributed by atoms with Crippen LogP contribution in [-0.2, 0) is 0 Å². The van der Waals surface area contributed by atoms with E-state index < -0.39 is 5.97 Å². The number of benzene rings is 1. The third kappa shape index (κ3) is 1.76. The Bertz CT molecular complexity index is 828. The third-order valence-electron chi connectivity index (χ3n) is 3.06. The summed E-state index contributed by atoms with van der Waals surface area (Å²) < 4.78 is 0. The van der Waals surface area contributed by atoms with Crippen molar-refractivity contribution in [2.45, 2.75) is 6.92 Å². The van der Waals surface area contributed by atoms with Gasteiger partial charge < -0.3 is 10.8 Å². The lowest BCUT2D eigenvalue weighted by Gasteiger charge is -2.07. The molecule has 0 fully saturated rings. The molecule has 3 rings (SSSR count). The smallest absolute Gasteiger partial charge is 0.337 e. The molecule has 2 heterocycles. The highest BCUT2D eigenvalue weighted by Gasteiger charge is 2.11. The number of pyridine rings is 2. The summed E-state index contributed by atoms with van der Waals surface area (Å²) in [4.78, 5) is 19.4. The van der Waals surface area contributed by atoms with Crippen molar-refractivity contribution < 1.29 is 9.90 Å². The summed E-state index contributed by atoms with van der Waals surface area (Å²) >= 11 is 0. The number of fused-ring (bicyclic) bond motifs is 3. The number of hydrogen-bond acceptors (Lipinski definition) is 4. The molecule has 0 saturated heterocycles. The molecule has 0 amide bonds. The van der Waals surface area contributed by atoms with Gasteiger partial charge in [0.2, 0.25) is 0 Å². The number of aryl methyl sites for hydroxylation is 1. The highest BCUT2D eigenvalue weighted by Crippen LogP contribution is 2.27. The molecule has 0 aliphatic heterocycles. The average molecular weight is 253 g/mol. The number of hydrogen-bond donors (Lipinski definition) is 2. The van der Waals surface area contributed by atoms with Crippen LogP contribution >= 0.6 is 0 Å². The Balaban J connectivity index is 2.49. The van der Waals surface area contributed by atoms with E-state index in [4.69, 9.17) is 10.8 Å². The van der Waals surface area contributed by atoms with Crippen molar-refractivity contribution >= 4 is 33.6 Å². The number of aromatic carboxylic acids is 1. The lowest BCUT2D eigenvalue weighted by atomic mass is 10.1. The molecule has 0 bridgehead atoms. The van der Waals surface area contributed by atoms with Gasteiger partial charge in [0.1, 0.15) is 5.52 Å². The van der Waals surface area contributed by atoms with E-state index in [0.29, 0.717) is 16.7 Å². The van der Waals surface area contributed by atoms with Gasteiger partial charge in [-0.2, -0.15) is 0 Å². The van der Waals surface area contributed by atoms with Crippen molar-refractivity contribution in [2.24, 2.45) is 0 Å². The monoisotopic (exact) mass is 253 g/mol. The maximum absolute atomic E-state index is 11.0. The minimum Gasteiger partial charge on any atom is -0.478 e. The van der Waals surface area contributed by atoms with Crippen molar-refractivity contribution in [3.63, 3.8) is 0 Å². The summed E-state index contributed by atoms with van der Waals surface area (Å²) in [7, 11) is 0. The molecule has 5 heteroatoms. The van der Waals surface area contributed by atoms with Gasteiger partial charge in [-0.05, 0) is 24.6 Å². The predicted molar refractivity (Wildman–Crippen MR) is 73.2 cm³/mol. The summed E-state index contributed by atoms with van der Waals surface area (Å²) in [6.07, 6.45) is 1.29. The van der Waals surface area contributed by atoms with Gasteiger partial charge in [-0.1, -0.05) is 12.1 Å². The highest BCUT2D eigenvalue weighted by molar-refractivity contribution is 6.09. The lowest BCUT2D eigenvalue weighted by molar-refractivity contribution is 0.0696. The van der Waals surface area contributed by atoms with E-state index in [0.717, 1.165) is 16.5 Å². The standard InChI is InChI=1S/C14H11N3O2/c1-7-2-3-9-10-5-8(14(18)19)6-16-12(10)13(15)17-11(9)4-7/h2-6H,1H3,(H2,15,17)(H,18,19). The fraction of sp³-hybridized carbons (Fsp3) is 0.0714. The Morgan fingerprint density at radius 3 is 2.79 bits per heavy atom. The topological polar surface area (TPSA) is 89.1 Å². The molecule has 0 saturated carbocycles. The van der Waals surface area contributed by atoms with Crippen LogP contribution in [-0.4, -0.2) is 21.0 Å².